The van der Waals surface area contributed by atoms with E-state index in [4.69, 9.17) is 4.74 Å². The highest BCUT2D eigenvalue weighted by molar-refractivity contribution is 9.10. The van der Waals surface area contributed by atoms with Crippen molar-refractivity contribution >= 4 is 21.7 Å². The number of carbonyl (C=O) groups is 1. The molecule has 96 valence electrons. The molecule has 0 fully saturated rings. The maximum Gasteiger partial charge on any atom is 0.170 e. The first-order chi connectivity index (χ1) is 9.25. The fourth-order valence-electron chi connectivity index (χ4n) is 2.46. The molecule has 1 heterocycles. The summed E-state index contributed by atoms with van der Waals surface area (Å²) in [6.07, 6.45) is 0.738. The number of hydrogen-bond donors (Lipinski definition) is 0. The Hall–Kier alpha value is -1.61. The van der Waals surface area contributed by atoms with E-state index in [1.807, 2.05) is 48.5 Å². The molecule has 1 aliphatic heterocycles. The Balaban J connectivity index is 1.98. The Labute approximate surface area is 120 Å². The minimum Gasteiger partial charge on any atom is -0.493 e. The van der Waals surface area contributed by atoms with Gasteiger partial charge >= 0.3 is 0 Å². The average molecular weight is 317 g/mol. The molecule has 0 saturated carbocycles. The maximum atomic E-state index is 12.6. The number of benzene rings is 2. The van der Waals surface area contributed by atoms with Gasteiger partial charge in [-0.1, -0.05) is 46.3 Å². The van der Waals surface area contributed by atoms with Crippen molar-refractivity contribution in [3.8, 4) is 5.75 Å². The van der Waals surface area contributed by atoms with Gasteiger partial charge in [0.1, 0.15) is 5.75 Å². The molecule has 2 aromatic rings. The summed E-state index contributed by atoms with van der Waals surface area (Å²) in [4.78, 5) is 12.6. The van der Waals surface area contributed by atoms with Crippen LogP contribution >= 0.6 is 15.9 Å². The van der Waals surface area contributed by atoms with Gasteiger partial charge in [0.25, 0.3) is 0 Å². The summed E-state index contributed by atoms with van der Waals surface area (Å²) in [6, 6.07) is 15.4. The zero-order valence-electron chi connectivity index (χ0n) is 10.3. The van der Waals surface area contributed by atoms with Crippen LogP contribution in [0.5, 0.6) is 5.75 Å². The van der Waals surface area contributed by atoms with Crippen molar-refractivity contribution in [2.45, 2.75) is 12.3 Å². The zero-order chi connectivity index (χ0) is 13.2. The Morgan fingerprint density at radius 3 is 2.84 bits per heavy atom. The summed E-state index contributed by atoms with van der Waals surface area (Å²) in [6.45, 7) is 0.599. The van der Waals surface area contributed by atoms with Gasteiger partial charge in [0.05, 0.1) is 12.5 Å². The summed E-state index contributed by atoms with van der Waals surface area (Å²) in [5.41, 5.74) is 1.75. The van der Waals surface area contributed by atoms with Crippen molar-refractivity contribution in [1.29, 1.82) is 0 Å². The number of para-hydroxylation sites is 1. The van der Waals surface area contributed by atoms with Crippen LogP contribution < -0.4 is 4.74 Å². The van der Waals surface area contributed by atoms with Crippen LogP contribution in [0.25, 0.3) is 0 Å². The molecule has 0 amide bonds. The van der Waals surface area contributed by atoms with Gasteiger partial charge in [-0.05, 0) is 24.6 Å². The quantitative estimate of drug-likeness (QED) is 0.776. The van der Waals surface area contributed by atoms with Crippen molar-refractivity contribution in [3.63, 3.8) is 0 Å². The van der Waals surface area contributed by atoms with Gasteiger partial charge in [0.15, 0.2) is 5.78 Å². The smallest absolute Gasteiger partial charge is 0.170 e. The van der Waals surface area contributed by atoms with Crippen LogP contribution in [0.3, 0.4) is 0 Å². The standard InChI is InChI=1S/C16H13BrO2/c17-12-5-3-4-11(10-12)16(18)14-8-9-19-15-7-2-1-6-13(14)15/h1-7,10,14H,8-9H2. The molecule has 0 aliphatic carbocycles. The summed E-state index contributed by atoms with van der Waals surface area (Å²) >= 11 is 3.41. The van der Waals surface area contributed by atoms with E-state index in [0.29, 0.717) is 6.61 Å². The third-order valence-corrected chi connectivity index (χ3v) is 3.88. The molecule has 19 heavy (non-hydrogen) atoms. The lowest BCUT2D eigenvalue weighted by Gasteiger charge is -2.24. The number of fused-ring (bicyclic) bond motifs is 1. The van der Waals surface area contributed by atoms with Crippen molar-refractivity contribution in [3.05, 3.63) is 64.1 Å². The topological polar surface area (TPSA) is 26.3 Å². The third-order valence-electron chi connectivity index (χ3n) is 3.38. The number of ether oxygens (including phenoxy) is 1. The second kappa shape index (κ2) is 5.17. The molecule has 1 unspecified atom stereocenters. The Bertz CT molecular complexity index is 622. The summed E-state index contributed by atoms with van der Waals surface area (Å²) in [5.74, 6) is 0.901. The molecule has 0 radical (unpaired) electrons. The van der Waals surface area contributed by atoms with Gasteiger partial charge in [0, 0.05) is 15.6 Å². The fourth-order valence-corrected chi connectivity index (χ4v) is 2.86. The molecular formula is C16H13BrO2. The van der Waals surface area contributed by atoms with E-state index in [1.54, 1.807) is 0 Å². The number of ketones is 1. The first-order valence-corrected chi connectivity index (χ1v) is 7.06. The molecule has 0 saturated heterocycles. The first kappa shape index (κ1) is 12.4. The highest BCUT2D eigenvalue weighted by atomic mass is 79.9. The monoisotopic (exact) mass is 316 g/mol. The molecule has 2 nitrogen and oxygen atoms in total. The van der Waals surface area contributed by atoms with Gasteiger partial charge in [-0.2, -0.15) is 0 Å². The van der Waals surface area contributed by atoms with E-state index >= 15 is 0 Å². The zero-order valence-corrected chi connectivity index (χ0v) is 11.9. The van der Waals surface area contributed by atoms with Crippen LogP contribution in [0.1, 0.15) is 28.3 Å². The van der Waals surface area contributed by atoms with Crippen molar-refractivity contribution in [2.75, 3.05) is 6.61 Å². The van der Waals surface area contributed by atoms with Gasteiger partial charge in [0.2, 0.25) is 0 Å². The number of Topliss-reactive ketones (excluding diaryl/α,β-unsaturated/α-hetero) is 1. The second-order valence-corrected chi connectivity index (χ2v) is 5.52. The Kier molecular flexibility index (Phi) is 3.38. The van der Waals surface area contributed by atoms with E-state index < -0.39 is 0 Å². The van der Waals surface area contributed by atoms with Crippen LogP contribution in [-0.2, 0) is 0 Å². The largest absolute Gasteiger partial charge is 0.493 e. The van der Waals surface area contributed by atoms with Gasteiger partial charge < -0.3 is 4.74 Å². The lowest BCUT2D eigenvalue weighted by Crippen LogP contribution is -2.21. The van der Waals surface area contributed by atoms with Crippen LogP contribution in [-0.4, -0.2) is 12.4 Å². The van der Waals surface area contributed by atoms with Crippen LogP contribution in [0.2, 0.25) is 0 Å². The van der Waals surface area contributed by atoms with Crippen molar-refractivity contribution < 1.29 is 9.53 Å². The molecule has 0 N–H and O–H groups in total. The molecule has 3 rings (SSSR count). The van der Waals surface area contributed by atoms with E-state index in [-0.39, 0.29) is 11.7 Å². The molecule has 2 aromatic carbocycles. The fraction of sp³-hybridized carbons (Fsp3) is 0.188. The summed E-state index contributed by atoms with van der Waals surface area (Å²) < 4.78 is 6.53. The number of halogens is 1. The van der Waals surface area contributed by atoms with E-state index in [1.165, 1.54) is 0 Å². The highest BCUT2D eigenvalue weighted by Gasteiger charge is 2.28. The SMILES string of the molecule is O=C(c1cccc(Br)c1)C1CCOc2ccccc21. The van der Waals surface area contributed by atoms with Crippen LogP contribution in [0, 0.1) is 0 Å². The van der Waals surface area contributed by atoms with Crippen LogP contribution in [0.15, 0.2) is 53.0 Å². The van der Waals surface area contributed by atoms with Gasteiger partial charge in [-0.15, -0.1) is 0 Å². The predicted molar refractivity (Wildman–Crippen MR) is 77.8 cm³/mol. The Morgan fingerprint density at radius 2 is 2.00 bits per heavy atom. The lowest BCUT2D eigenvalue weighted by atomic mass is 9.86. The average Bonchev–Trinajstić information content (AvgIpc) is 2.46. The number of carbonyl (C=O) groups excluding carboxylic acids is 1. The minimum atomic E-state index is -0.0979. The first-order valence-electron chi connectivity index (χ1n) is 6.27. The van der Waals surface area contributed by atoms with E-state index in [2.05, 4.69) is 15.9 Å². The molecular weight excluding hydrogens is 304 g/mol. The van der Waals surface area contributed by atoms with Crippen LogP contribution in [0.4, 0.5) is 0 Å². The van der Waals surface area contributed by atoms with E-state index in [9.17, 15) is 4.79 Å². The van der Waals surface area contributed by atoms with Crippen molar-refractivity contribution in [2.24, 2.45) is 0 Å². The molecule has 3 heteroatoms. The lowest BCUT2D eigenvalue weighted by molar-refractivity contribution is 0.0933. The molecule has 1 aliphatic rings. The Morgan fingerprint density at radius 1 is 1.16 bits per heavy atom. The molecule has 0 aromatic heterocycles. The number of rotatable bonds is 2. The van der Waals surface area contributed by atoms with E-state index in [0.717, 1.165) is 27.8 Å². The van der Waals surface area contributed by atoms with Gasteiger partial charge in [-0.25, -0.2) is 0 Å². The molecule has 0 bridgehead atoms. The molecule has 1 atom stereocenters. The second-order valence-electron chi connectivity index (χ2n) is 4.60. The molecule has 0 spiro atoms. The third kappa shape index (κ3) is 2.43. The normalized spacial score (nSPS) is 17.4. The van der Waals surface area contributed by atoms with Crippen molar-refractivity contribution in [1.82, 2.24) is 0 Å². The number of hydrogen-bond acceptors (Lipinski definition) is 2. The summed E-state index contributed by atoms with van der Waals surface area (Å²) in [7, 11) is 0. The minimum absolute atomic E-state index is 0.0979. The van der Waals surface area contributed by atoms with Gasteiger partial charge in [-0.3, -0.25) is 4.79 Å². The summed E-state index contributed by atoms with van der Waals surface area (Å²) in [5, 5.41) is 0. The highest BCUT2D eigenvalue weighted by Crippen LogP contribution is 2.35. The maximum absolute atomic E-state index is 12.6. The predicted octanol–water partition coefficient (Wildman–Crippen LogP) is 4.20.